The van der Waals surface area contributed by atoms with Gasteiger partial charge in [-0.3, -0.25) is 19.8 Å². The molecule has 0 aromatic heterocycles. The molecule has 26 heavy (non-hydrogen) atoms. The molecular formula is C18H24ClN2O5-. The quantitative estimate of drug-likeness (QED) is 0.381. The van der Waals surface area contributed by atoms with E-state index >= 15 is 0 Å². The number of benzene rings is 1. The van der Waals surface area contributed by atoms with Gasteiger partial charge in [0, 0.05) is 31.3 Å². The number of non-ortho nitro benzene ring substituents is 1. The molecule has 1 aromatic rings. The zero-order valence-corrected chi connectivity index (χ0v) is 15.4. The molecule has 7 nitrogen and oxygen atoms in total. The SMILES string of the molecule is O=C(Cc1ccc([N+](=O)[O-])cc1)OC1CCCCC1N1CCOCC1.[Cl-]. The Labute approximate surface area is 159 Å². The van der Waals surface area contributed by atoms with Crippen LogP contribution in [0, 0.1) is 10.1 Å². The zero-order chi connectivity index (χ0) is 17.6. The van der Waals surface area contributed by atoms with Gasteiger partial charge in [-0.15, -0.1) is 0 Å². The average molecular weight is 384 g/mol. The van der Waals surface area contributed by atoms with E-state index in [4.69, 9.17) is 9.47 Å². The minimum absolute atomic E-state index is 0. The predicted octanol–water partition coefficient (Wildman–Crippen LogP) is -0.672. The number of esters is 1. The van der Waals surface area contributed by atoms with Crippen molar-refractivity contribution in [3.05, 3.63) is 39.9 Å². The van der Waals surface area contributed by atoms with E-state index < -0.39 is 4.92 Å². The van der Waals surface area contributed by atoms with Crippen LogP contribution in [-0.4, -0.2) is 54.2 Å². The molecule has 0 spiro atoms. The molecule has 1 heterocycles. The van der Waals surface area contributed by atoms with Gasteiger partial charge in [-0.2, -0.15) is 0 Å². The van der Waals surface area contributed by atoms with E-state index in [1.807, 2.05) is 0 Å². The molecule has 2 atom stereocenters. The van der Waals surface area contributed by atoms with Gasteiger partial charge >= 0.3 is 5.97 Å². The summed E-state index contributed by atoms with van der Waals surface area (Å²) in [5.41, 5.74) is 0.756. The van der Waals surface area contributed by atoms with Gasteiger partial charge in [-0.25, -0.2) is 0 Å². The van der Waals surface area contributed by atoms with E-state index in [1.165, 1.54) is 18.6 Å². The average Bonchev–Trinajstić information content (AvgIpc) is 2.63. The van der Waals surface area contributed by atoms with Crippen molar-refractivity contribution in [1.82, 2.24) is 4.90 Å². The number of carbonyl (C=O) groups excluding carboxylic acids is 1. The number of hydrogen-bond donors (Lipinski definition) is 0. The molecule has 0 radical (unpaired) electrons. The lowest BCUT2D eigenvalue weighted by Crippen LogP contribution is -3.00. The number of ether oxygens (including phenoxy) is 2. The van der Waals surface area contributed by atoms with Crippen LogP contribution in [0.3, 0.4) is 0 Å². The predicted molar refractivity (Wildman–Crippen MR) is 91.3 cm³/mol. The number of halogens is 1. The maximum absolute atomic E-state index is 12.3. The van der Waals surface area contributed by atoms with E-state index in [1.54, 1.807) is 12.1 Å². The molecule has 144 valence electrons. The van der Waals surface area contributed by atoms with Crippen LogP contribution in [0.15, 0.2) is 24.3 Å². The van der Waals surface area contributed by atoms with Gasteiger partial charge in [0.25, 0.3) is 5.69 Å². The minimum Gasteiger partial charge on any atom is -1.00 e. The van der Waals surface area contributed by atoms with Crippen LogP contribution in [0.2, 0.25) is 0 Å². The largest absolute Gasteiger partial charge is 1.00 e. The molecule has 0 amide bonds. The third-order valence-electron chi connectivity index (χ3n) is 4.96. The third-order valence-corrected chi connectivity index (χ3v) is 4.96. The van der Waals surface area contributed by atoms with Gasteiger partial charge in [0.15, 0.2) is 0 Å². The van der Waals surface area contributed by atoms with Crippen molar-refractivity contribution in [3.63, 3.8) is 0 Å². The lowest BCUT2D eigenvalue weighted by molar-refractivity contribution is -0.384. The monoisotopic (exact) mass is 383 g/mol. The highest BCUT2D eigenvalue weighted by molar-refractivity contribution is 5.73. The Bertz CT molecular complexity index is 604. The van der Waals surface area contributed by atoms with Crippen LogP contribution < -0.4 is 12.4 Å². The second kappa shape index (κ2) is 9.85. The van der Waals surface area contributed by atoms with Gasteiger partial charge in [0.05, 0.1) is 24.6 Å². The fraction of sp³-hybridized carbons (Fsp3) is 0.611. The summed E-state index contributed by atoms with van der Waals surface area (Å²) in [5, 5.41) is 10.7. The van der Waals surface area contributed by atoms with Gasteiger partial charge in [-0.05, 0) is 24.8 Å². The molecule has 1 aromatic carbocycles. The van der Waals surface area contributed by atoms with Crippen molar-refractivity contribution in [2.75, 3.05) is 26.3 Å². The van der Waals surface area contributed by atoms with Gasteiger partial charge in [0.1, 0.15) is 6.10 Å². The number of nitro groups is 1. The molecule has 1 aliphatic heterocycles. The first kappa shape index (κ1) is 20.6. The first-order chi connectivity index (χ1) is 12.1. The van der Waals surface area contributed by atoms with Crippen molar-refractivity contribution < 1.29 is 31.6 Å². The Morgan fingerprint density at radius 1 is 1.19 bits per heavy atom. The molecular weight excluding hydrogens is 360 g/mol. The fourth-order valence-electron chi connectivity index (χ4n) is 3.65. The number of nitrogens with zero attached hydrogens (tertiary/aromatic N) is 2. The van der Waals surface area contributed by atoms with Gasteiger partial charge in [0.2, 0.25) is 0 Å². The van der Waals surface area contributed by atoms with E-state index in [2.05, 4.69) is 4.90 Å². The summed E-state index contributed by atoms with van der Waals surface area (Å²) in [6.45, 7) is 3.25. The molecule has 2 aliphatic rings. The van der Waals surface area contributed by atoms with Crippen LogP contribution in [0.1, 0.15) is 31.2 Å². The molecule has 0 bridgehead atoms. The van der Waals surface area contributed by atoms with E-state index in [-0.39, 0.29) is 42.6 Å². The molecule has 2 fully saturated rings. The normalized spacial score (nSPS) is 23.7. The highest BCUT2D eigenvalue weighted by atomic mass is 35.5. The van der Waals surface area contributed by atoms with Crippen molar-refractivity contribution in [3.8, 4) is 0 Å². The fourth-order valence-corrected chi connectivity index (χ4v) is 3.65. The first-order valence-corrected chi connectivity index (χ1v) is 8.88. The standard InChI is InChI=1S/C18H24N2O5.ClH/c21-18(13-14-5-7-15(8-6-14)20(22)23)25-17-4-2-1-3-16(17)19-9-11-24-12-10-19;/h5-8,16-17H,1-4,9-13H2;1H/p-1. The Hall–Kier alpha value is -1.70. The van der Waals surface area contributed by atoms with E-state index in [0.717, 1.165) is 51.1 Å². The van der Waals surface area contributed by atoms with Crippen LogP contribution in [0.25, 0.3) is 0 Å². The Balaban J connectivity index is 0.00000243. The summed E-state index contributed by atoms with van der Waals surface area (Å²) in [4.78, 5) is 24.9. The molecule has 1 aliphatic carbocycles. The highest BCUT2D eigenvalue weighted by Gasteiger charge is 2.33. The molecule has 1 saturated heterocycles. The van der Waals surface area contributed by atoms with E-state index in [9.17, 15) is 14.9 Å². The number of rotatable bonds is 5. The highest BCUT2D eigenvalue weighted by Crippen LogP contribution is 2.27. The summed E-state index contributed by atoms with van der Waals surface area (Å²) in [7, 11) is 0. The van der Waals surface area contributed by atoms with Gasteiger partial charge < -0.3 is 21.9 Å². The van der Waals surface area contributed by atoms with Crippen molar-refractivity contribution in [1.29, 1.82) is 0 Å². The summed E-state index contributed by atoms with van der Waals surface area (Å²) < 4.78 is 11.2. The maximum Gasteiger partial charge on any atom is 0.310 e. The van der Waals surface area contributed by atoms with Crippen molar-refractivity contribution in [2.45, 2.75) is 44.2 Å². The van der Waals surface area contributed by atoms with Gasteiger partial charge in [-0.1, -0.05) is 18.6 Å². The Morgan fingerprint density at radius 3 is 2.50 bits per heavy atom. The number of hydrogen-bond acceptors (Lipinski definition) is 6. The molecule has 0 N–H and O–H groups in total. The zero-order valence-electron chi connectivity index (χ0n) is 14.6. The second-order valence-electron chi connectivity index (χ2n) is 6.63. The number of morpholine rings is 1. The van der Waals surface area contributed by atoms with Crippen molar-refractivity contribution >= 4 is 11.7 Å². The smallest absolute Gasteiger partial charge is 0.310 e. The van der Waals surface area contributed by atoms with Crippen LogP contribution in [0.4, 0.5) is 5.69 Å². The van der Waals surface area contributed by atoms with Crippen LogP contribution in [-0.2, 0) is 20.7 Å². The maximum atomic E-state index is 12.3. The lowest BCUT2D eigenvalue weighted by atomic mass is 9.91. The Kier molecular flexibility index (Phi) is 7.81. The summed E-state index contributed by atoms with van der Waals surface area (Å²) in [6, 6.07) is 6.33. The number of carbonyl (C=O) groups is 1. The molecule has 8 heteroatoms. The Morgan fingerprint density at radius 2 is 1.85 bits per heavy atom. The molecule has 1 saturated carbocycles. The lowest BCUT2D eigenvalue weighted by Gasteiger charge is -2.41. The molecule has 3 rings (SSSR count). The first-order valence-electron chi connectivity index (χ1n) is 8.88. The third kappa shape index (κ3) is 5.40. The number of nitro benzene ring substituents is 1. The van der Waals surface area contributed by atoms with Crippen molar-refractivity contribution in [2.24, 2.45) is 0 Å². The summed E-state index contributed by atoms with van der Waals surface area (Å²) in [6.07, 6.45) is 4.26. The molecule has 2 unspecified atom stereocenters. The summed E-state index contributed by atoms with van der Waals surface area (Å²) >= 11 is 0. The van der Waals surface area contributed by atoms with Crippen LogP contribution >= 0.6 is 0 Å². The second-order valence-corrected chi connectivity index (χ2v) is 6.63. The minimum atomic E-state index is -0.447. The summed E-state index contributed by atoms with van der Waals surface area (Å²) in [5.74, 6) is -0.265. The topological polar surface area (TPSA) is 81.9 Å². The van der Waals surface area contributed by atoms with E-state index in [0.29, 0.717) is 0 Å². The van der Waals surface area contributed by atoms with Crippen LogP contribution in [0.5, 0.6) is 0 Å².